The average Bonchev–Trinajstić information content (AvgIpc) is 2.26. The first kappa shape index (κ1) is 12.3. The number of hydrogen-bond donors (Lipinski definition) is 1. The van der Waals surface area contributed by atoms with E-state index in [2.05, 4.69) is 28.2 Å². The molecule has 3 nitrogen and oxygen atoms in total. The third-order valence-corrected chi connectivity index (χ3v) is 2.55. The highest BCUT2D eigenvalue weighted by Crippen LogP contribution is 2.34. The summed E-state index contributed by atoms with van der Waals surface area (Å²) in [6.07, 6.45) is 0. The van der Waals surface area contributed by atoms with Gasteiger partial charge >= 0.3 is 0 Å². The second-order valence-electron chi connectivity index (χ2n) is 2.97. The molecular formula is C11H16BrNO2. The normalized spacial score (nSPS) is 10.1. The monoisotopic (exact) mass is 273 g/mol. The van der Waals surface area contributed by atoms with Gasteiger partial charge in [0.1, 0.15) is 6.61 Å². The second kappa shape index (κ2) is 6.69. The Morgan fingerprint density at radius 1 is 1.40 bits per heavy atom. The third-order valence-electron chi connectivity index (χ3n) is 1.93. The zero-order chi connectivity index (χ0) is 11.1. The van der Waals surface area contributed by atoms with Crippen LogP contribution in [0.4, 0.5) is 0 Å². The van der Waals surface area contributed by atoms with Crippen molar-refractivity contribution < 1.29 is 9.47 Å². The van der Waals surface area contributed by atoms with Crippen LogP contribution < -0.4 is 14.8 Å². The molecule has 0 aromatic heterocycles. The van der Waals surface area contributed by atoms with E-state index in [0.717, 1.165) is 29.1 Å². The summed E-state index contributed by atoms with van der Waals surface area (Å²) in [7, 11) is 1.64. The highest BCUT2D eigenvalue weighted by molar-refractivity contribution is 9.10. The first-order chi connectivity index (χ1) is 7.29. The largest absolute Gasteiger partial charge is 0.493 e. The van der Waals surface area contributed by atoms with Gasteiger partial charge in [0.15, 0.2) is 11.5 Å². The molecule has 0 bridgehead atoms. The van der Waals surface area contributed by atoms with Gasteiger partial charge in [-0.2, -0.15) is 0 Å². The van der Waals surface area contributed by atoms with Gasteiger partial charge in [-0.05, 0) is 34.6 Å². The molecule has 1 aromatic carbocycles. The Hall–Kier alpha value is -0.740. The summed E-state index contributed by atoms with van der Waals surface area (Å²) >= 11 is 3.43. The fraction of sp³-hybridized carbons (Fsp3) is 0.455. The molecular weight excluding hydrogens is 258 g/mol. The molecule has 0 atom stereocenters. The quantitative estimate of drug-likeness (QED) is 0.808. The molecule has 0 spiro atoms. The Kier molecular flexibility index (Phi) is 5.50. The van der Waals surface area contributed by atoms with E-state index in [1.54, 1.807) is 7.11 Å². The van der Waals surface area contributed by atoms with E-state index in [1.165, 1.54) is 0 Å². The van der Waals surface area contributed by atoms with E-state index >= 15 is 0 Å². The van der Waals surface area contributed by atoms with Crippen LogP contribution in [-0.2, 0) is 0 Å². The number of halogens is 1. The van der Waals surface area contributed by atoms with Crippen molar-refractivity contribution >= 4 is 15.9 Å². The maximum atomic E-state index is 5.63. The number of nitrogens with one attached hydrogen (secondary N) is 1. The summed E-state index contributed by atoms with van der Waals surface area (Å²) < 4.78 is 11.7. The highest BCUT2D eigenvalue weighted by Gasteiger charge is 2.07. The Morgan fingerprint density at radius 2 is 2.20 bits per heavy atom. The lowest BCUT2D eigenvalue weighted by Gasteiger charge is -2.12. The molecule has 0 aliphatic heterocycles. The van der Waals surface area contributed by atoms with Crippen LogP contribution >= 0.6 is 15.9 Å². The zero-order valence-electron chi connectivity index (χ0n) is 9.05. The molecule has 84 valence electrons. The molecule has 0 unspecified atom stereocenters. The van der Waals surface area contributed by atoms with E-state index < -0.39 is 0 Å². The molecule has 0 saturated carbocycles. The maximum absolute atomic E-state index is 5.63. The molecule has 0 heterocycles. The van der Waals surface area contributed by atoms with Crippen LogP contribution in [0.3, 0.4) is 0 Å². The van der Waals surface area contributed by atoms with Gasteiger partial charge in [-0.1, -0.05) is 13.0 Å². The summed E-state index contributed by atoms with van der Waals surface area (Å²) in [6, 6.07) is 5.73. The number of hydrogen-bond acceptors (Lipinski definition) is 3. The molecule has 1 rings (SSSR count). The van der Waals surface area contributed by atoms with Crippen molar-refractivity contribution in [3.63, 3.8) is 0 Å². The van der Waals surface area contributed by atoms with Gasteiger partial charge in [0.2, 0.25) is 0 Å². The summed E-state index contributed by atoms with van der Waals surface area (Å²) in [5.41, 5.74) is 0. The predicted octanol–water partition coefficient (Wildman–Crippen LogP) is 2.45. The van der Waals surface area contributed by atoms with E-state index in [1.807, 2.05) is 18.2 Å². The van der Waals surface area contributed by atoms with E-state index in [9.17, 15) is 0 Å². The molecule has 15 heavy (non-hydrogen) atoms. The minimum absolute atomic E-state index is 0.632. The maximum Gasteiger partial charge on any atom is 0.175 e. The molecule has 0 aliphatic rings. The van der Waals surface area contributed by atoms with Gasteiger partial charge in [0.05, 0.1) is 11.6 Å². The van der Waals surface area contributed by atoms with Gasteiger partial charge in [-0.3, -0.25) is 0 Å². The van der Waals surface area contributed by atoms with Crippen molar-refractivity contribution in [3.8, 4) is 11.5 Å². The highest BCUT2D eigenvalue weighted by atomic mass is 79.9. The molecule has 0 amide bonds. The second-order valence-corrected chi connectivity index (χ2v) is 3.83. The Labute approximate surface area is 98.9 Å². The van der Waals surface area contributed by atoms with Crippen molar-refractivity contribution in [2.45, 2.75) is 6.92 Å². The fourth-order valence-corrected chi connectivity index (χ4v) is 1.65. The summed E-state index contributed by atoms with van der Waals surface area (Å²) in [6.45, 7) is 4.49. The van der Waals surface area contributed by atoms with Gasteiger partial charge in [-0.15, -0.1) is 0 Å². The number of para-hydroxylation sites is 1. The van der Waals surface area contributed by atoms with Crippen LogP contribution in [0.5, 0.6) is 11.5 Å². The first-order valence-corrected chi connectivity index (χ1v) is 5.75. The zero-order valence-corrected chi connectivity index (χ0v) is 10.6. The minimum Gasteiger partial charge on any atom is -0.493 e. The number of ether oxygens (including phenoxy) is 2. The molecule has 0 radical (unpaired) electrons. The van der Waals surface area contributed by atoms with Crippen molar-refractivity contribution in [3.05, 3.63) is 22.7 Å². The van der Waals surface area contributed by atoms with Crippen LogP contribution in [-0.4, -0.2) is 26.8 Å². The molecule has 0 aliphatic carbocycles. The fourth-order valence-electron chi connectivity index (χ4n) is 1.19. The summed E-state index contributed by atoms with van der Waals surface area (Å²) in [4.78, 5) is 0. The van der Waals surface area contributed by atoms with Crippen molar-refractivity contribution in [1.82, 2.24) is 5.32 Å². The molecule has 4 heteroatoms. The number of likely N-dealkylation sites (N-methyl/N-ethyl adjacent to an activating group) is 1. The minimum atomic E-state index is 0.632. The lowest BCUT2D eigenvalue weighted by atomic mass is 10.3. The molecule has 0 fully saturated rings. The van der Waals surface area contributed by atoms with Gasteiger partial charge in [0.25, 0.3) is 0 Å². The predicted molar refractivity (Wildman–Crippen MR) is 64.7 cm³/mol. The Bertz CT molecular complexity index is 305. The number of rotatable bonds is 6. The third kappa shape index (κ3) is 3.72. The average molecular weight is 274 g/mol. The van der Waals surface area contributed by atoms with Gasteiger partial charge in [-0.25, -0.2) is 0 Å². The summed E-state index contributed by atoms with van der Waals surface area (Å²) in [5, 5.41) is 3.19. The van der Waals surface area contributed by atoms with Crippen molar-refractivity contribution in [2.24, 2.45) is 0 Å². The Balaban J connectivity index is 2.58. The SMILES string of the molecule is CCNCCOc1c(Br)cccc1OC. The van der Waals surface area contributed by atoms with Crippen LogP contribution in [0.25, 0.3) is 0 Å². The lowest BCUT2D eigenvalue weighted by molar-refractivity contribution is 0.291. The molecule has 1 N–H and O–H groups in total. The van der Waals surface area contributed by atoms with Crippen molar-refractivity contribution in [2.75, 3.05) is 26.8 Å². The van der Waals surface area contributed by atoms with Crippen LogP contribution in [0, 0.1) is 0 Å². The first-order valence-electron chi connectivity index (χ1n) is 4.95. The van der Waals surface area contributed by atoms with Crippen molar-refractivity contribution in [1.29, 1.82) is 0 Å². The van der Waals surface area contributed by atoms with Gasteiger partial charge < -0.3 is 14.8 Å². The number of benzene rings is 1. The number of methoxy groups -OCH3 is 1. The lowest BCUT2D eigenvalue weighted by Crippen LogP contribution is -2.20. The summed E-state index contributed by atoms with van der Waals surface area (Å²) in [5.74, 6) is 1.51. The van der Waals surface area contributed by atoms with E-state index in [0.29, 0.717) is 6.61 Å². The van der Waals surface area contributed by atoms with Crippen LogP contribution in [0.1, 0.15) is 6.92 Å². The van der Waals surface area contributed by atoms with Crippen LogP contribution in [0.15, 0.2) is 22.7 Å². The van der Waals surface area contributed by atoms with E-state index in [4.69, 9.17) is 9.47 Å². The van der Waals surface area contributed by atoms with Crippen LogP contribution in [0.2, 0.25) is 0 Å². The van der Waals surface area contributed by atoms with E-state index in [-0.39, 0.29) is 0 Å². The van der Waals surface area contributed by atoms with Gasteiger partial charge in [0, 0.05) is 6.54 Å². The molecule has 0 saturated heterocycles. The topological polar surface area (TPSA) is 30.5 Å². The molecule has 1 aromatic rings. The smallest absolute Gasteiger partial charge is 0.175 e. The standard InChI is InChI=1S/C11H16BrNO2/c1-3-13-7-8-15-11-9(12)5-4-6-10(11)14-2/h4-6,13H,3,7-8H2,1-2H3. The Morgan fingerprint density at radius 3 is 2.87 bits per heavy atom.